The van der Waals surface area contributed by atoms with Crippen molar-refractivity contribution in [3.63, 3.8) is 0 Å². The van der Waals surface area contributed by atoms with E-state index in [0.29, 0.717) is 18.6 Å². The van der Waals surface area contributed by atoms with Crippen molar-refractivity contribution in [3.05, 3.63) is 35.6 Å². The summed E-state index contributed by atoms with van der Waals surface area (Å²) in [6, 6.07) is 6.54. The molecular weight excluding hydrogens is 269 g/mol. The molecule has 0 amide bonds. The Morgan fingerprint density at radius 2 is 2.00 bits per heavy atom. The summed E-state index contributed by atoms with van der Waals surface area (Å²) in [5.74, 6) is -0.652. The Kier molecular flexibility index (Phi) is 4.54. The molecule has 2 unspecified atom stereocenters. The highest BCUT2D eigenvalue weighted by Gasteiger charge is 2.33. The van der Waals surface area contributed by atoms with Gasteiger partial charge in [-0.2, -0.15) is 0 Å². The zero-order chi connectivity index (χ0) is 14.7. The van der Waals surface area contributed by atoms with Gasteiger partial charge >= 0.3 is 5.97 Å². The highest BCUT2D eigenvalue weighted by molar-refractivity contribution is 5.89. The highest BCUT2D eigenvalue weighted by atomic mass is 19.1. The maximum absolute atomic E-state index is 13.6. The minimum Gasteiger partial charge on any atom is -0.462 e. The second-order valence-electron chi connectivity index (χ2n) is 6.08. The number of hydrogen-bond acceptors (Lipinski definition) is 3. The zero-order valence-electron chi connectivity index (χ0n) is 12.3. The molecule has 0 saturated carbocycles. The molecule has 2 heterocycles. The molecule has 2 saturated heterocycles. The first-order chi connectivity index (χ1) is 10.3. The summed E-state index contributed by atoms with van der Waals surface area (Å²) in [6.07, 6.45) is 6.00. The largest absolute Gasteiger partial charge is 0.462 e. The average molecular weight is 291 g/mol. The maximum atomic E-state index is 13.6. The van der Waals surface area contributed by atoms with Gasteiger partial charge in [0, 0.05) is 12.0 Å². The Bertz CT molecular complexity index is 503. The van der Waals surface area contributed by atoms with Gasteiger partial charge in [-0.05, 0) is 50.9 Å². The van der Waals surface area contributed by atoms with Gasteiger partial charge in [0.15, 0.2) is 0 Å². The normalized spacial score (nSPS) is 26.1. The van der Waals surface area contributed by atoms with Crippen LogP contribution in [0.1, 0.15) is 42.5 Å². The molecular formula is C17H22FNO2. The van der Waals surface area contributed by atoms with Crippen molar-refractivity contribution in [3.8, 4) is 0 Å². The molecule has 0 radical (unpaired) electrons. The molecule has 0 N–H and O–H groups in total. The lowest BCUT2D eigenvalue weighted by Gasteiger charge is -2.44. The van der Waals surface area contributed by atoms with Crippen LogP contribution in [0.3, 0.4) is 0 Å². The first-order valence-electron chi connectivity index (χ1n) is 7.91. The van der Waals surface area contributed by atoms with Gasteiger partial charge < -0.3 is 4.74 Å². The van der Waals surface area contributed by atoms with Crippen molar-refractivity contribution in [2.24, 2.45) is 5.92 Å². The van der Waals surface area contributed by atoms with Crippen molar-refractivity contribution < 1.29 is 13.9 Å². The molecule has 2 aliphatic rings. The first kappa shape index (κ1) is 14.5. The SMILES string of the molecule is O=C(OCC1CCCN2CCCCC12)c1ccccc1F. The van der Waals surface area contributed by atoms with E-state index in [1.165, 1.54) is 50.9 Å². The van der Waals surface area contributed by atoms with E-state index in [-0.39, 0.29) is 5.56 Å². The molecule has 2 aliphatic heterocycles. The average Bonchev–Trinajstić information content (AvgIpc) is 2.53. The standard InChI is InChI=1S/C17H22FNO2/c18-15-8-2-1-7-14(15)17(20)21-12-13-6-5-11-19-10-4-3-9-16(13)19/h1-2,7-8,13,16H,3-6,9-12H2. The van der Waals surface area contributed by atoms with E-state index in [2.05, 4.69) is 4.90 Å². The summed E-state index contributed by atoms with van der Waals surface area (Å²) in [7, 11) is 0. The van der Waals surface area contributed by atoms with E-state index in [0.717, 1.165) is 6.42 Å². The molecule has 3 rings (SSSR count). The quantitative estimate of drug-likeness (QED) is 0.801. The van der Waals surface area contributed by atoms with Gasteiger partial charge in [-0.25, -0.2) is 9.18 Å². The summed E-state index contributed by atoms with van der Waals surface area (Å²) in [5, 5.41) is 0. The third-order valence-corrected chi connectivity index (χ3v) is 4.75. The van der Waals surface area contributed by atoms with E-state index < -0.39 is 11.8 Å². The zero-order valence-corrected chi connectivity index (χ0v) is 12.3. The number of hydrogen-bond donors (Lipinski definition) is 0. The Morgan fingerprint density at radius 3 is 2.86 bits per heavy atom. The van der Waals surface area contributed by atoms with Crippen molar-refractivity contribution >= 4 is 5.97 Å². The molecule has 1 aromatic carbocycles. The van der Waals surface area contributed by atoms with Gasteiger partial charge in [0.1, 0.15) is 5.82 Å². The summed E-state index contributed by atoms with van der Waals surface area (Å²) >= 11 is 0. The molecule has 21 heavy (non-hydrogen) atoms. The van der Waals surface area contributed by atoms with Crippen LogP contribution in [-0.4, -0.2) is 36.6 Å². The van der Waals surface area contributed by atoms with Gasteiger partial charge in [-0.15, -0.1) is 0 Å². The third kappa shape index (κ3) is 3.26. The van der Waals surface area contributed by atoms with Gasteiger partial charge in [0.05, 0.1) is 12.2 Å². The number of carbonyl (C=O) groups excluding carboxylic acids is 1. The van der Waals surface area contributed by atoms with E-state index in [1.807, 2.05) is 0 Å². The minimum atomic E-state index is -0.541. The van der Waals surface area contributed by atoms with Crippen LogP contribution in [0.15, 0.2) is 24.3 Å². The van der Waals surface area contributed by atoms with E-state index in [4.69, 9.17) is 4.74 Å². The minimum absolute atomic E-state index is 0.0359. The van der Waals surface area contributed by atoms with Crippen LogP contribution in [-0.2, 0) is 4.74 Å². The second-order valence-corrected chi connectivity index (χ2v) is 6.08. The molecule has 0 spiro atoms. The highest BCUT2D eigenvalue weighted by Crippen LogP contribution is 2.31. The molecule has 4 heteroatoms. The molecule has 0 aromatic heterocycles. The van der Waals surface area contributed by atoms with Gasteiger partial charge in [-0.1, -0.05) is 18.6 Å². The van der Waals surface area contributed by atoms with Gasteiger partial charge in [-0.3, -0.25) is 4.90 Å². The van der Waals surface area contributed by atoms with E-state index in [9.17, 15) is 9.18 Å². The van der Waals surface area contributed by atoms with Crippen LogP contribution in [0.4, 0.5) is 4.39 Å². The van der Waals surface area contributed by atoms with Crippen LogP contribution in [0.2, 0.25) is 0 Å². The molecule has 0 aliphatic carbocycles. The first-order valence-corrected chi connectivity index (χ1v) is 7.91. The van der Waals surface area contributed by atoms with Crippen molar-refractivity contribution in [1.29, 1.82) is 0 Å². The summed E-state index contributed by atoms with van der Waals surface area (Å²) in [4.78, 5) is 14.5. The summed E-state index contributed by atoms with van der Waals surface area (Å²) in [5.41, 5.74) is 0.0359. The number of piperidine rings is 2. The number of carbonyl (C=O) groups is 1. The number of ether oxygens (including phenoxy) is 1. The Morgan fingerprint density at radius 1 is 1.19 bits per heavy atom. The van der Waals surface area contributed by atoms with E-state index in [1.54, 1.807) is 12.1 Å². The molecule has 114 valence electrons. The van der Waals surface area contributed by atoms with Crippen LogP contribution < -0.4 is 0 Å². The van der Waals surface area contributed by atoms with Gasteiger partial charge in [0.2, 0.25) is 0 Å². The Balaban J connectivity index is 1.59. The molecule has 2 fully saturated rings. The summed E-state index contributed by atoms with van der Waals surface area (Å²) in [6.45, 7) is 2.75. The number of esters is 1. The second kappa shape index (κ2) is 6.56. The third-order valence-electron chi connectivity index (χ3n) is 4.75. The predicted octanol–water partition coefficient (Wildman–Crippen LogP) is 3.25. The smallest absolute Gasteiger partial charge is 0.341 e. The van der Waals surface area contributed by atoms with Crippen LogP contribution in [0.5, 0.6) is 0 Å². The molecule has 1 aromatic rings. The summed E-state index contributed by atoms with van der Waals surface area (Å²) < 4.78 is 19.0. The fraction of sp³-hybridized carbons (Fsp3) is 0.588. The Labute approximate surface area is 125 Å². The number of nitrogens with zero attached hydrogens (tertiary/aromatic N) is 1. The topological polar surface area (TPSA) is 29.5 Å². The maximum Gasteiger partial charge on any atom is 0.341 e. The Hall–Kier alpha value is -1.42. The molecule has 2 atom stereocenters. The number of fused-ring (bicyclic) bond motifs is 1. The fourth-order valence-corrected chi connectivity index (χ4v) is 3.66. The van der Waals surface area contributed by atoms with Crippen molar-refractivity contribution in [2.45, 2.75) is 38.1 Å². The van der Waals surface area contributed by atoms with Crippen LogP contribution in [0, 0.1) is 11.7 Å². The van der Waals surface area contributed by atoms with Crippen LogP contribution in [0.25, 0.3) is 0 Å². The predicted molar refractivity (Wildman–Crippen MR) is 78.6 cm³/mol. The monoisotopic (exact) mass is 291 g/mol. The lowest BCUT2D eigenvalue weighted by Crippen LogP contribution is -2.49. The van der Waals surface area contributed by atoms with E-state index >= 15 is 0 Å². The number of rotatable bonds is 3. The van der Waals surface area contributed by atoms with Crippen molar-refractivity contribution in [2.75, 3.05) is 19.7 Å². The fourth-order valence-electron chi connectivity index (χ4n) is 3.66. The lowest BCUT2D eigenvalue weighted by molar-refractivity contribution is 0.00712. The molecule has 0 bridgehead atoms. The molecule has 3 nitrogen and oxygen atoms in total. The van der Waals surface area contributed by atoms with Crippen molar-refractivity contribution in [1.82, 2.24) is 4.90 Å². The number of halogens is 1. The number of benzene rings is 1. The van der Waals surface area contributed by atoms with Gasteiger partial charge in [0.25, 0.3) is 0 Å². The van der Waals surface area contributed by atoms with Crippen LogP contribution >= 0.6 is 0 Å². The lowest BCUT2D eigenvalue weighted by atomic mass is 9.84.